The molecule has 1 aliphatic heterocycles. The van der Waals surface area contributed by atoms with E-state index in [9.17, 15) is 4.79 Å². The summed E-state index contributed by atoms with van der Waals surface area (Å²) in [7, 11) is 1.76. The van der Waals surface area contributed by atoms with Crippen LogP contribution in [0.5, 0.6) is 0 Å². The van der Waals surface area contributed by atoms with Gasteiger partial charge in [0.2, 0.25) is 0 Å². The van der Waals surface area contributed by atoms with E-state index in [-0.39, 0.29) is 6.03 Å². The molecule has 1 unspecified atom stereocenters. The number of urea groups is 1. The predicted octanol–water partition coefficient (Wildman–Crippen LogP) is 3.86. The molecule has 1 fully saturated rings. The highest BCUT2D eigenvalue weighted by Gasteiger charge is 2.22. The molecule has 1 atom stereocenters. The van der Waals surface area contributed by atoms with E-state index in [1.807, 2.05) is 55.5 Å². The minimum Gasteiger partial charge on any atom is -0.380 e. The molecule has 0 radical (unpaired) electrons. The minimum atomic E-state index is -0.242. The first-order chi connectivity index (χ1) is 11.6. The Morgan fingerprint density at radius 2 is 1.88 bits per heavy atom. The molecule has 2 aromatic carbocycles. The minimum absolute atomic E-state index is 0.242. The maximum Gasteiger partial charge on any atom is 0.323 e. The fourth-order valence-corrected chi connectivity index (χ4v) is 2.93. The van der Waals surface area contributed by atoms with Crippen LogP contribution >= 0.6 is 0 Å². The molecule has 0 aliphatic carbocycles. The van der Waals surface area contributed by atoms with Gasteiger partial charge < -0.3 is 20.3 Å². The van der Waals surface area contributed by atoms with Gasteiger partial charge >= 0.3 is 6.03 Å². The quantitative estimate of drug-likeness (QED) is 0.897. The molecule has 5 heteroatoms. The number of carbonyl (C=O) groups is 1. The fourth-order valence-electron chi connectivity index (χ4n) is 2.93. The van der Waals surface area contributed by atoms with Crippen LogP contribution in [0, 0.1) is 6.92 Å². The van der Waals surface area contributed by atoms with Gasteiger partial charge in [0, 0.05) is 37.3 Å². The average molecular weight is 325 g/mol. The van der Waals surface area contributed by atoms with Gasteiger partial charge in [-0.3, -0.25) is 0 Å². The van der Waals surface area contributed by atoms with E-state index in [1.54, 1.807) is 7.11 Å². The van der Waals surface area contributed by atoms with E-state index in [4.69, 9.17) is 4.74 Å². The third-order valence-electron chi connectivity index (χ3n) is 4.24. The molecule has 5 nitrogen and oxygen atoms in total. The van der Waals surface area contributed by atoms with Crippen LogP contribution < -0.4 is 15.5 Å². The summed E-state index contributed by atoms with van der Waals surface area (Å²) in [6.45, 7) is 3.91. The third-order valence-corrected chi connectivity index (χ3v) is 4.24. The lowest BCUT2D eigenvalue weighted by molar-refractivity contribution is 0.121. The van der Waals surface area contributed by atoms with Crippen molar-refractivity contribution in [3.63, 3.8) is 0 Å². The van der Waals surface area contributed by atoms with Crippen molar-refractivity contribution in [2.24, 2.45) is 0 Å². The SMILES string of the molecule is COC1CCN(c2ccc(NC(=O)Nc3cccc(C)c3)cc2)C1. The Labute approximate surface area is 142 Å². The van der Waals surface area contributed by atoms with E-state index < -0.39 is 0 Å². The number of rotatable bonds is 4. The van der Waals surface area contributed by atoms with Crippen LogP contribution in [0.4, 0.5) is 21.9 Å². The van der Waals surface area contributed by atoms with Crippen LogP contribution in [0.2, 0.25) is 0 Å². The molecule has 2 amide bonds. The Morgan fingerprint density at radius 1 is 1.12 bits per heavy atom. The van der Waals surface area contributed by atoms with Crippen molar-refractivity contribution in [3.05, 3.63) is 54.1 Å². The van der Waals surface area contributed by atoms with Crippen molar-refractivity contribution < 1.29 is 9.53 Å². The van der Waals surface area contributed by atoms with Crippen LogP contribution in [0.1, 0.15) is 12.0 Å². The van der Waals surface area contributed by atoms with Gasteiger partial charge in [0.15, 0.2) is 0 Å². The van der Waals surface area contributed by atoms with Gasteiger partial charge in [0.05, 0.1) is 6.10 Å². The first-order valence-corrected chi connectivity index (χ1v) is 8.16. The number of anilines is 3. The maximum atomic E-state index is 12.1. The molecule has 2 aromatic rings. The molecule has 0 saturated carbocycles. The van der Waals surface area contributed by atoms with E-state index >= 15 is 0 Å². The van der Waals surface area contributed by atoms with Crippen LogP contribution in [-0.4, -0.2) is 32.3 Å². The lowest BCUT2D eigenvalue weighted by Crippen LogP contribution is -2.22. The van der Waals surface area contributed by atoms with Crippen LogP contribution in [0.15, 0.2) is 48.5 Å². The summed E-state index contributed by atoms with van der Waals surface area (Å²) in [6, 6.07) is 15.4. The normalized spacial score (nSPS) is 16.9. The highest BCUT2D eigenvalue weighted by atomic mass is 16.5. The molecule has 1 saturated heterocycles. The summed E-state index contributed by atoms with van der Waals surface area (Å²) in [5, 5.41) is 5.69. The number of nitrogens with one attached hydrogen (secondary N) is 2. The molecule has 24 heavy (non-hydrogen) atoms. The Kier molecular flexibility index (Phi) is 5.01. The zero-order chi connectivity index (χ0) is 16.9. The van der Waals surface area contributed by atoms with Gasteiger partial charge in [0.25, 0.3) is 0 Å². The molecule has 2 N–H and O–H groups in total. The second-order valence-electron chi connectivity index (χ2n) is 6.09. The van der Waals surface area contributed by atoms with Crippen LogP contribution in [-0.2, 0) is 4.74 Å². The molecular formula is C19H23N3O2. The number of aryl methyl sites for hydroxylation is 1. The van der Waals surface area contributed by atoms with Gasteiger partial charge in [-0.05, 0) is 55.3 Å². The summed E-state index contributed by atoms with van der Waals surface area (Å²) >= 11 is 0. The number of hydrogen-bond donors (Lipinski definition) is 2. The number of benzene rings is 2. The molecule has 0 spiro atoms. The Morgan fingerprint density at radius 3 is 2.54 bits per heavy atom. The van der Waals surface area contributed by atoms with Crippen molar-refractivity contribution in [1.29, 1.82) is 0 Å². The van der Waals surface area contributed by atoms with E-state index in [0.29, 0.717) is 6.10 Å². The van der Waals surface area contributed by atoms with Gasteiger partial charge in [-0.2, -0.15) is 0 Å². The number of amides is 2. The maximum absolute atomic E-state index is 12.1. The summed E-state index contributed by atoms with van der Waals surface area (Å²) < 4.78 is 5.40. The summed E-state index contributed by atoms with van der Waals surface area (Å²) in [5.74, 6) is 0. The number of carbonyl (C=O) groups excluding carboxylic acids is 1. The number of nitrogens with zero attached hydrogens (tertiary/aromatic N) is 1. The standard InChI is InChI=1S/C19H23N3O2/c1-14-4-3-5-16(12-14)21-19(23)20-15-6-8-17(9-7-15)22-11-10-18(13-22)24-2/h3-9,12,18H,10-11,13H2,1-2H3,(H2,20,21,23). The van der Waals surface area contributed by atoms with Gasteiger partial charge in [-0.1, -0.05) is 12.1 Å². The van der Waals surface area contributed by atoms with Crippen molar-refractivity contribution in [2.45, 2.75) is 19.4 Å². The molecule has 3 rings (SSSR count). The van der Waals surface area contributed by atoms with Gasteiger partial charge in [-0.15, -0.1) is 0 Å². The molecule has 0 aromatic heterocycles. The topological polar surface area (TPSA) is 53.6 Å². The zero-order valence-corrected chi connectivity index (χ0v) is 14.1. The Balaban J connectivity index is 1.57. The highest BCUT2D eigenvalue weighted by molar-refractivity contribution is 5.99. The van der Waals surface area contributed by atoms with Crippen molar-refractivity contribution >= 4 is 23.1 Å². The number of ether oxygens (including phenoxy) is 1. The fraction of sp³-hybridized carbons (Fsp3) is 0.316. The Bertz CT molecular complexity index is 700. The molecule has 1 heterocycles. The third kappa shape index (κ3) is 4.06. The lowest BCUT2D eigenvalue weighted by Gasteiger charge is -2.18. The first-order valence-electron chi connectivity index (χ1n) is 8.16. The smallest absolute Gasteiger partial charge is 0.323 e. The summed E-state index contributed by atoms with van der Waals surface area (Å²) in [4.78, 5) is 14.4. The predicted molar refractivity (Wildman–Crippen MR) is 97.9 cm³/mol. The zero-order valence-electron chi connectivity index (χ0n) is 14.1. The summed E-state index contributed by atoms with van der Waals surface area (Å²) in [5.41, 5.74) is 3.81. The molecule has 0 bridgehead atoms. The van der Waals surface area contributed by atoms with E-state index in [2.05, 4.69) is 15.5 Å². The highest BCUT2D eigenvalue weighted by Crippen LogP contribution is 2.23. The van der Waals surface area contributed by atoms with Gasteiger partial charge in [0.1, 0.15) is 0 Å². The van der Waals surface area contributed by atoms with E-state index in [0.717, 1.165) is 42.1 Å². The molecule has 126 valence electrons. The average Bonchev–Trinajstić information content (AvgIpc) is 3.04. The van der Waals surface area contributed by atoms with Crippen molar-refractivity contribution in [3.8, 4) is 0 Å². The number of methoxy groups -OCH3 is 1. The second-order valence-corrected chi connectivity index (χ2v) is 6.09. The van der Waals surface area contributed by atoms with Gasteiger partial charge in [-0.25, -0.2) is 4.79 Å². The second kappa shape index (κ2) is 7.36. The largest absolute Gasteiger partial charge is 0.380 e. The number of hydrogen-bond acceptors (Lipinski definition) is 3. The summed E-state index contributed by atoms with van der Waals surface area (Å²) in [6.07, 6.45) is 1.36. The van der Waals surface area contributed by atoms with Crippen LogP contribution in [0.3, 0.4) is 0 Å². The first kappa shape index (κ1) is 16.3. The molecular weight excluding hydrogens is 302 g/mol. The van der Waals surface area contributed by atoms with Crippen LogP contribution in [0.25, 0.3) is 0 Å². The Hall–Kier alpha value is -2.53. The van der Waals surface area contributed by atoms with Crippen molar-refractivity contribution in [2.75, 3.05) is 35.7 Å². The molecule has 1 aliphatic rings. The lowest BCUT2D eigenvalue weighted by atomic mass is 10.2. The van der Waals surface area contributed by atoms with Crippen molar-refractivity contribution in [1.82, 2.24) is 0 Å². The monoisotopic (exact) mass is 325 g/mol. The van der Waals surface area contributed by atoms with E-state index in [1.165, 1.54) is 0 Å².